The molecule has 1 aromatic rings. The summed E-state index contributed by atoms with van der Waals surface area (Å²) in [5.41, 5.74) is 6.79. The van der Waals surface area contributed by atoms with E-state index in [2.05, 4.69) is 23.9 Å². The average molecular weight is 243 g/mol. The minimum Gasteiger partial charge on any atom is -0.326 e. The van der Waals surface area contributed by atoms with E-state index in [1.54, 1.807) is 11.3 Å². The molecule has 0 radical (unpaired) electrons. The lowest BCUT2D eigenvalue weighted by molar-refractivity contribution is 0.274. The molecule has 0 spiro atoms. The Balaban J connectivity index is 2.20. The van der Waals surface area contributed by atoms with Crippen molar-refractivity contribution in [2.75, 3.05) is 25.1 Å². The van der Waals surface area contributed by atoms with Crippen LogP contribution in [0.25, 0.3) is 0 Å². The van der Waals surface area contributed by atoms with Gasteiger partial charge in [-0.3, -0.25) is 4.90 Å². The Labute approximate surface area is 99.1 Å². The maximum Gasteiger partial charge on any atom is 0.111 e. The van der Waals surface area contributed by atoms with E-state index in [1.165, 1.54) is 15.6 Å². The van der Waals surface area contributed by atoms with E-state index in [1.807, 2.05) is 11.8 Å². The molecule has 1 fully saturated rings. The first-order valence-electron chi connectivity index (χ1n) is 5.16. The molecule has 2 N–H and O–H groups in total. The zero-order valence-electron chi connectivity index (χ0n) is 9.19. The maximum atomic E-state index is 5.68. The van der Waals surface area contributed by atoms with Gasteiger partial charge < -0.3 is 5.73 Å². The number of thiazole rings is 1. The maximum absolute atomic E-state index is 5.68. The van der Waals surface area contributed by atoms with E-state index in [4.69, 9.17) is 5.73 Å². The van der Waals surface area contributed by atoms with Gasteiger partial charge in [0.15, 0.2) is 0 Å². The third-order valence-electron chi connectivity index (χ3n) is 2.78. The first kappa shape index (κ1) is 11.4. The second kappa shape index (κ2) is 4.82. The summed E-state index contributed by atoms with van der Waals surface area (Å²) >= 11 is 3.80. The summed E-state index contributed by atoms with van der Waals surface area (Å²) in [7, 11) is 2.18. The zero-order chi connectivity index (χ0) is 10.8. The Morgan fingerprint density at radius 1 is 1.60 bits per heavy atom. The van der Waals surface area contributed by atoms with Crippen molar-refractivity contribution >= 4 is 23.1 Å². The fraction of sp³-hybridized carbons (Fsp3) is 0.700. The molecule has 15 heavy (non-hydrogen) atoms. The number of nitrogens with two attached hydrogens (primary N) is 1. The second-order valence-electron chi connectivity index (χ2n) is 3.84. The fourth-order valence-corrected chi connectivity index (χ4v) is 4.16. The molecule has 1 aromatic heterocycles. The summed E-state index contributed by atoms with van der Waals surface area (Å²) in [6, 6.07) is 0.493. The van der Waals surface area contributed by atoms with Crippen LogP contribution >= 0.6 is 23.1 Å². The molecule has 0 aromatic carbocycles. The van der Waals surface area contributed by atoms with Crippen LogP contribution in [0.4, 0.5) is 0 Å². The standard InChI is InChI=1S/C10H17N3S2/c1-7-9(5-11)15-10(12-7)8-6-14-4-3-13(8)2/h8H,3-6,11H2,1-2H3. The number of hydrogen-bond acceptors (Lipinski definition) is 5. The van der Waals surface area contributed by atoms with Crippen LogP contribution in [0.15, 0.2) is 0 Å². The van der Waals surface area contributed by atoms with Gasteiger partial charge in [-0.05, 0) is 14.0 Å². The molecule has 3 nitrogen and oxygen atoms in total. The monoisotopic (exact) mass is 243 g/mol. The highest BCUT2D eigenvalue weighted by Crippen LogP contribution is 2.32. The smallest absolute Gasteiger partial charge is 0.111 e. The molecule has 0 amide bonds. The van der Waals surface area contributed by atoms with Crippen molar-refractivity contribution in [3.8, 4) is 0 Å². The first-order valence-corrected chi connectivity index (χ1v) is 7.13. The highest BCUT2D eigenvalue weighted by molar-refractivity contribution is 7.99. The van der Waals surface area contributed by atoms with Crippen LogP contribution in [-0.2, 0) is 6.54 Å². The Morgan fingerprint density at radius 2 is 2.40 bits per heavy atom. The molecule has 1 unspecified atom stereocenters. The predicted molar refractivity (Wildman–Crippen MR) is 67.4 cm³/mol. The van der Waals surface area contributed by atoms with Gasteiger partial charge >= 0.3 is 0 Å². The molecule has 0 aliphatic carbocycles. The van der Waals surface area contributed by atoms with Crippen molar-refractivity contribution in [2.45, 2.75) is 19.5 Å². The molecule has 0 bridgehead atoms. The lowest BCUT2D eigenvalue weighted by atomic mass is 10.3. The minimum atomic E-state index is 0.493. The van der Waals surface area contributed by atoms with Gasteiger partial charge in [0.1, 0.15) is 5.01 Å². The van der Waals surface area contributed by atoms with Crippen molar-refractivity contribution in [2.24, 2.45) is 5.73 Å². The Bertz CT molecular complexity index is 337. The summed E-state index contributed by atoms with van der Waals surface area (Å²) in [5.74, 6) is 2.40. The molecule has 5 heteroatoms. The summed E-state index contributed by atoms with van der Waals surface area (Å²) < 4.78 is 0. The van der Waals surface area contributed by atoms with E-state index in [-0.39, 0.29) is 0 Å². The number of aryl methyl sites for hydroxylation is 1. The third-order valence-corrected chi connectivity index (χ3v) is 5.08. The van der Waals surface area contributed by atoms with Gasteiger partial charge in [0.05, 0.1) is 11.7 Å². The van der Waals surface area contributed by atoms with Crippen LogP contribution in [0.3, 0.4) is 0 Å². The van der Waals surface area contributed by atoms with E-state index >= 15 is 0 Å². The van der Waals surface area contributed by atoms with Gasteiger partial charge in [0, 0.05) is 29.5 Å². The van der Waals surface area contributed by atoms with Crippen molar-refractivity contribution in [3.05, 3.63) is 15.6 Å². The molecular weight excluding hydrogens is 226 g/mol. The van der Waals surface area contributed by atoms with Crippen LogP contribution in [0.5, 0.6) is 0 Å². The highest BCUT2D eigenvalue weighted by atomic mass is 32.2. The zero-order valence-corrected chi connectivity index (χ0v) is 10.8. The van der Waals surface area contributed by atoms with Gasteiger partial charge in [-0.15, -0.1) is 11.3 Å². The summed E-state index contributed by atoms with van der Waals surface area (Å²) in [4.78, 5) is 8.27. The van der Waals surface area contributed by atoms with Crippen LogP contribution in [0, 0.1) is 6.92 Å². The second-order valence-corrected chi connectivity index (χ2v) is 6.10. The summed E-state index contributed by atoms with van der Waals surface area (Å²) in [6.07, 6.45) is 0. The molecule has 0 saturated carbocycles. The number of rotatable bonds is 2. The van der Waals surface area contributed by atoms with Gasteiger partial charge in [-0.25, -0.2) is 4.98 Å². The molecular formula is C10H17N3S2. The number of aromatic nitrogens is 1. The van der Waals surface area contributed by atoms with Gasteiger partial charge in [-0.1, -0.05) is 0 Å². The van der Waals surface area contributed by atoms with Crippen LogP contribution in [0.2, 0.25) is 0 Å². The Hall–Kier alpha value is -0.100. The summed E-state index contributed by atoms with van der Waals surface area (Å²) in [5, 5.41) is 1.24. The molecule has 2 heterocycles. The molecule has 1 aliphatic heterocycles. The number of thioether (sulfide) groups is 1. The van der Waals surface area contributed by atoms with Crippen LogP contribution in [0.1, 0.15) is 21.6 Å². The highest BCUT2D eigenvalue weighted by Gasteiger charge is 2.24. The average Bonchev–Trinajstić information content (AvgIpc) is 2.60. The predicted octanol–water partition coefficient (Wildman–Crippen LogP) is 1.63. The summed E-state index contributed by atoms with van der Waals surface area (Å²) in [6.45, 7) is 3.83. The quantitative estimate of drug-likeness (QED) is 0.857. The largest absolute Gasteiger partial charge is 0.326 e. The van der Waals surface area contributed by atoms with Crippen molar-refractivity contribution in [3.63, 3.8) is 0 Å². The van der Waals surface area contributed by atoms with E-state index in [0.29, 0.717) is 12.6 Å². The van der Waals surface area contributed by atoms with Crippen LogP contribution in [-0.4, -0.2) is 35.0 Å². The SMILES string of the molecule is Cc1nc(C2CSCCN2C)sc1CN. The third kappa shape index (κ3) is 2.36. The number of hydrogen-bond donors (Lipinski definition) is 1. The molecule has 1 aliphatic rings. The van der Waals surface area contributed by atoms with E-state index < -0.39 is 0 Å². The minimum absolute atomic E-state index is 0.493. The van der Waals surface area contributed by atoms with Gasteiger partial charge in [0.25, 0.3) is 0 Å². The first-order chi connectivity index (χ1) is 7.22. The van der Waals surface area contributed by atoms with Crippen molar-refractivity contribution in [1.29, 1.82) is 0 Å². The molecule has 84 valence electrons. The molecule has 1 atom stereocenters. The lowest BCUT2D eigenvalue weighted by Crippen LogP contribution is -2.32. The van der Waals surface area contributed by atoms with E-state index in [0.717, 1.165) is 18.0 Å². The van der Waals surface area contributed by atoms with E-state index in [9.17, 15) is 0 Å². The molecule has 2 rings (SSSR count). The van der Waals surface area contributed by atoms with Gasteiger partial charge in [0.2, 0.25) is 0 Å². The topological polar surface area (TPSA) is 42.2 Å². The van der Waals surface area contributed by atoms with Crippen LogP contribution < -0.4 is 5.73 Å². The molecule has 1 saturated heterocycles. The van der Waals surface area contributed by atoms with Gasteiger partial charge in [-0.2, -0.15) is 11.8 Å². The normalized spacial score (nSPS) is 23.3. The lowest BCUT2D eigenvalue weighted by Gasteiger charge is -2.30. The van der Waals surface area contributed by atoms with Crippen molar-refractivity contribution < 1.29 is 0 Å². The Morgan fingerprint density at radius 3 is 3.00 bits per heavy atom. The number of nitrogens with zero attached hydrogens (tertiary/aromatic N) is 2. The fourth-order valence-electron chi connectivity index (χ4n) is 1.73. The van der Waals surface area contributed by atoms with Crippen molar-refractivity contribution in [1.82, 2.24) is 9.88 Å². The Kier molecular flexibility index (Phi) is 3.66.